The van der Waals surface area contributed by atoms with E-state index in [2.05, 4.69) is 5.32 Å². The number of nitrogens with two attached hydrogens (primary N) is 1. The van der Waals surface area contributed by atoms with E-state index in [4.69, 9.17) is 17.3 Å². The van der Waals surface area contributed by atoms with E-state index in [1.807, 2.05) is 0 Å². The van der Waals surface area contributed by atoms with Crippen molar-refractivity contribution >= 4 is 38.7 Å². The molecule has 0 heterocycles. The van der Waals surface area contributed by atoms with E-state index in [-0.39, 0.29) is 0 Å². The highest BCUT2D eigenvalue weighted by Crippen LogP contribution is 2.24. The molecule has 1 amide bonds. The van der Waals surface area contributed by atoms with Gasteiger partial charge in [0.15, 0.2) is 9.84 Å². The number of nitrogen functional groups attached to an aromatic ring is 1. The monoisotopic (exact) mass is 304 g/mol. The van der Waals surface area contributed by atoms with Crippen molar-refractivity contribution in [3.63, 3.8) is 0 Å². The third kappa shape index (κ3) is 4.40. The minimum atomic E-state index is -3.44. The van der Waals surface area contributed by atoms with Gasteiger partial charge in [-0.25, -0.2) is 8.42 Å². The van der Waals surface area contributed by atoms with E-state index < -0.39 is 26.7 Å². The molecule has 0 aliphatic carbocycles. The third-order valence-corrected chi connectivity index (χ3v) is 5.34. The van der Waals surface area contributed by atoms with Gasteiger partial charge in [0.1, 0.15) is 5.75 Å². The van der Waals surface area contributed by atoms with Crippen molar-refractivity contribution in [2.24, 2.45) is 0 Å². The summed E-state index contributed by atoms with van der Waals surface area (Å²) in [5.74, 6) is -1.18. The fourth-order valence-corrected chi connectivity index (χ4v) is 2.80. The first-order valence-electron chi connectivity index (χ1n) is 5.82. The summed E-state index contributed by atoms with van der Waals surface area (Å²) in [6, 6.07) is 4.61. The number of amides is 1. The van der Waals surface area contributed by atoms with Crippen LogP contribution in [-0.4, -0.2) is 25.3 Å². The van der Waals surface area contributed by atoms with Crippen molar-refractivity contribution in [3.05, 3.63) is 23.2 Å². The van der Waals surface area contributed by atoms with Crippen LogP contribution in [-0.2, 0) is 14.6 Å². The van der Waals surface area contributed by atoms with Crippen molar-refractivity contribution in [3.8, 4) is 0 Å². The Balaban J connectivity index is 2.79. The van der Waals surface area contributed by atoms with Gasteiger partial charge in [0, 0.05) is 5.69 Å². The van der Waals surface area contributed by atoms with Crippen LogP contribution in [0, 0.1) is 0 Å². The predicted molar refractivity (Wildman–Crippen MR) is 78.0 cm³/mol. The number of benzene rings is 1. The fraction of sp³-hybridized carbons (Fsp3) is 0.417. The van der Waals surface area contributed by atoms with Gasteiger partial charge in [-0.1, -0.05) is 18.5 Å². The molecule has 106 valence electrons. The van der Waals surface area contributed by atoms with Crippen LogP contribution in [0.25, 0.3) is 0 Å². The van der Waals surface area contributed by atoms with Crippen molar-refractivity contribution in [1.29, 1.82) is 0 Å². The first-order valence-corrected chi connectivity index (χ1v) is 7.92. The summed E-state index contributed by atoms with van der Waals surface area (Å²) in [6.45, 7) is 3.34. The number of rotatable bonds is 5. The average molecular weight is 305 g/mol. The predicted octanol–water partition coefficient (Wildman–Crippen LogP) is 2.07. The van der Waals surface area contributed by atoms with Crippen LogP contribution in [0.2, 0.25) is 5.02 Å². The van der Waals surface area contributed by atoms with Gasteiger partial charge in [0.25, 0.3) is 0 Å². The van der Waals surface area contributed by atoms with Gasteiger partial charge in [0.05, 0.1) is 16.0 Å². The molecule has 3 N–H and O–H groups in total. The Hall–Kier alpha value is -1.27. The number of hydrogen-bond donors (Lipinski definition) is 2. The first-order chi connectivity index (χ1) is 8.76. The molecular formula is C12H17ClN2O3S. The zero-order valence-electron chi connectivity index (χ0n) is 10.8. The third-order valence-electron chi connectivity index (χ3n) is 2.78. The topological polar surface area (TPSA) is 89.3 Å². The molecule has 1 unspecified atom stereocenters. The lowest BCUT2D eigenvalue weighted by Crippen LogP contribution is -2.29. The number of halogens is 1. The number of carbonyl (C=O) groups is 1. The standard InChI is InChI=1S/C12H17ClN2O3S/c1-3-8(2)19(17,18)7-12(16)15-11-6-9(14)4-5-10(11)13/h4-6,8H,3,7,14H2,1-2H3,(H,15,16). The van der Waals surface area contributed by atoms with Crippen molar-refractivity contribution in [2.75, 3.05) is 16.8 Å². The first kappa shape index (κ1) is 15.8. The summed E-state index contributed by atoms with van der Waals surface area (Å²) >= 11 is 5.88. The Morgan fingerprint density at radius 1 is 1.47 bits per heavy atom. The minimum Gasteiger partial charge on any atom is -0.399 e. The van der Waals surface area contributed by atoms with Crippen molar-refractivity contribution in [1.82, 2.24) is 0 Å². The Labute approximate surface area is 118 Å². The van der Waals surface area contributed by atoms with Crippen LogP contribution >= 0.6 is 11.6 Å². The molecule has 7 heteroatoms. The zero-order valence-corrected chi connectivity index (χ0v) is 12.4. The summed E-state index contributed by atoms with van der Waals surface area (Å²) in [4.78, 5) is 11.7. The molecule has 5 nitrogen and oxygen atoms in total. The molecule has 0 spiro atoms. The highest BCUT2D eigenvalue weighted by molar-refractivity contribution is 7.92. The van der Waals surface area contributed by atoms with Crippen molar-refractivity contribution < 1.29 is 13.2 Å². The summed E-state index contributed by atoms with van der Waals surface area (Å²) in [5, 5.41) is 2.22. The summed E-state index contributed by atoms with van der Waals surface area (Å²) in [7, 11) is -3.44. The number of carbonyl (C=O) groups excluding carboxylic acids is 1. The normalized spacial score (nSPS) is 13.0. The SMILES string of the molecule is CCC(C)S(=O)(=O)CC(=O)Nc1cc(N)ccc1Cl. The second kappa shape index (κ2) is 6.25. The van der Waals surface area contributed by atoms with Gasteiger partial charge in [-0.3, -0.25) is 4.79 Å². The molecule has 0 bridgehead atoms. The van der Waals surface area contributed by atoms with E-state index in [9.17, 15) is 13.2 Å². The number of hydrogen-bond acceptors (Lipinski definition) is 4. The van der Waals surface area contributed by atoms with Gasteiger partial charge in [0.2, 0.25) is 5.91 Å². The van der Waals surface area contributed by atoms with Gasteiger partial charge >= 0.3 is 0 Å². The molecule has 1 atom stereocenters. The summed E-state index contributed by atoms with van der Waals surface area (Å²) < 4.78 is 23.6. The Kier molecular flexibility index (Phi) is 5.20. The number of sulfone groups is 1. The van der Waals surface area contributed by atoms with Crippen LogP contribution in [0.4, 0.5) is 11.4 Å². The molecule has 0 saturated heterocycles. The van der Waals surface area contributed by atoms with Crippen LogP contribution in [0.1, 0.15) is 20.3 Å². The van der Waals surface area contributed by atoms with E-state index in [1.165, 1.54) is 12.1 Å². The smallest absolute Gasteiger partial charge is 0.239 e. The van der Waals surface area contributed by atoms with Crippen LogP contribution < -0.4 is 11.1 Å². The molecule has 0 aromatic heterocycles. The molecule has 1 rings (SSSR count). The van der Waals surface area contributed by atoms with E-state index >= 15 is 0 Å². The van der Waals surface area contributed by atoms with Crippen LogP contribution in [0.3, 0.4) is 0 Å². The summed E-state index contributed by atoms with van der Waals surface area (Å²) in [5.41, 5.74) is 6.32. The second-order valence-corrected chi connectivity index (χ2v) is 7.14. The Morgan fingerprint density at radius 3 is 2.68 bits per heavy atom. The van der Waals surface area contributed by atoms with Gasteiger partial charge in [-0.05, 0) is 31.5 Å². The largest absolute Gasteiger partial charge is 0.399 e. The molecule has 19 heavy (non-hydrogen) atoms. The minimum absolute atomic E-state index is 0.309. The maximum atomic E-state index is 11.8. The lowest BCUT2D eigenvalue weighted by atomic mass is 10.3. The molecule has 0 aliphatic heterocycles. The molecular weight excluding hydrogens is 288 g/mol. The maximum absolute atomic E-state index is 11.8. The lowest BCUT2D eigenvalue weighted by Gasteiger charge is -2.11. The van der Waals surface area contributed by atoms with Crippen molar-refractivity contribution in [2.45, 2.75) is 25.5 Å². The van der Waals surface area contributed by atoms with Crippen LogP contribution in [0.5, 0.6) is 0 Å². The molecule has 0 radical (unpaired) electrons. The van der Waals surface area contributed by atoms with E-state index in [0.29, 0.717) is 22.8 Å². The Bertz CT molecular complexity index is 572. The van der Waals surface area contributed by atoms with E-state index in [0.717, 1.165) is 0 Å². The van der Waals surface area contributed by atoms with Gasteiger partial charge < -0.3 is 11.1 Å². The molecule has 0 fully saturated rings. The zero-order chi connectivity index (χ0) is 14.6. The van der Waals surface area contributed by atoms with Crippen LogP contribution in [0.15, 0.2) is 18.2 Å². The number of anilines is 2. The molecule has 1 aromatic rings. The van der Waals surface area contributed by atoms with E-state index in [1.54, 1.807) is 19.9 Å². The number of nitrogens with one attached hydrogen (secondary N) is 1. The van der Waals surface area contributed by atoms with Gasteiger partial charge in [-0.15, -0.1) is 0 Å². The quantitative estimate of drug-likeness (QED) is 0.815. The molecule has 1 aromatic carbocycles. The highest BCUT2D eigenvalue weighted by atomic mass is 35.5. The highest BCUT2D eigenvalue weighted by Gasteiger charge is 2.23. The molecule has 0 saturated carbocycles. The maximum Gasteiger partial charge on any atom is 0.239 e. The Morgan fingerprint density at radius 2 is 2.11 bits per heavy atom. The van der Waals surface area contributed by atoms with Gasteiger partial charge in [-0.2, -0.15) is 0 Å². The molecule has 0 aliphatic rings. The lowest BCUT2D eigenvalue weighted by molar-refractivity contribution is -0.113. The fourth-order valence-electron chi connectivity index (χ4n) is 1.40. The summed E-state index contributed by atoms with van der Waals surface area (Å²) in [6.07, 6.45) is 0.467. The average Bonchev–Trinajstić information content (AvgIpc) is 2.32. The second-order valence-electron chi connectivity index (χ2n) is 4.31.